The molecule has 1 spiro atoms. The quantitative estimate of drug-likeness (QED) is 0.691. The second kappa shape index (κ2) is 7.88. The Kier molecular flexibility index (Phi) is 5.62. The molecule has 23 heavy (non-hydrogen) atoms. The van der Waals surface area contributed by atoms with Gasteiger partial charge in [-0.1, -0.05) is 6.07 Å². The van der Waals surface area contributed by atoms with Gasteiger partial charge in [0.2, 0.25) is 5.91 Å². The minimum atomic E-state index is 0.00360. The molecule has 5 nitrogen and oxygen atoms in total. The van der Waals surface area contributed by atoms with Crippen molar-refractivity contribution in [3.8, 4) is 0 Å². The van der Waals surface area contributed by atoms with Gasteiger partial charge < -0.3 is 16.0 Å². The third-order valence-corrected chi connectivity index (χ3v) is 5.23. The second-order valence-corrected chi connectivity index (χ2v) is 6.96. The molecule has 1 unspecified atom stereocenters. The van der Waals surface area contributed by atoms with E-state index >= 15 is 0 Å². The van der Waals surface area contributed by atoms with Crippen LogP contribution in [0, 0.1) is 5.41 Å². The van der Waals surface area contributed by atoms with Crippen LogP contribution >= 0.6 is 0 Å². The minimum absolute atomic E-state index is 0.00360. The van der Waals surface area contributed by atoms with Crippen LogP contribution in [-0.4, -0.2) is 43.1 Å². The highest BCUT2D eigenvalue weighted by molar-refractivity contribution is 5.82. The molecule has 2 fully saturated rings. The fraction of sp³-hybridized carbons (Fsp3) is 0.667. The topological polar surface area (TPSA) is 66.0 Å². The zero-order valence-corrected chi connectivity index (χ0v) is 13.8. The number of amides is 1. The molecule has 3 heterocycles. The van der Waals surface area contributed by atoms with E-state index in [1.807, 2.05) is 18.3 Å². The summed E-state index contributed by atoms with van der Waals surface area (Å²) in [6.45, 7) is 3.93. The van der Waals surface area contributed by atoms with Crippen molar-refractivity contribution >= 4 is 5.91 Å². The SMILES string of the molecule is O=C(NCCCCc1ccccn1)C1CC2(CCNCC2)CN1. The van der Waals surface area contributed by atoms with E-state index in [0.717, 1.165) is 57.6 Å². The van der Waals surface area contributed by atoms with Gasteiger partial charge in [0, 0.05) is 25.0 Å². The Labute approximate surface area is 138 Å². The number of carbonyl (C=O) groups is 1. The maximum Gasteiger partial charge on any atom is 0.237 e. The van der Waals surface area contributed by atoms with E-state index in [-0.39, 0.29) is 11.9 Å². The van der Waals surface area contributed by atoms with Crippen LogP contribution in [0.15, 0.2) is 24.4 Å². The fourth-order valence-corrected chi connectivity index (χ4v) is 3.75. The maximum atomic E-state index is 12.3. The lowest BCUT2D eigenvalue weighted by molar-refractivity contribution is -0.123. The number of aromatic nitrogens is 1. The lowest BCUT2D eigenvalue weighted by atomic mass is 9.77. The van der Waals surface area contributed by atoms with Gasteiger partial charge >= 0.3 is 0 Å². The van der Waals surface area contributed by atoms with Gasteiger partial charge in [-0.05, 0) is 69.2 Å². The molecule has 0 saturated carbocycles. The van der Waals surface area contributed by atoms with Gasteiger partial charge in [0.05, 0.1) is 6.04 Å². The van der Waals surface area contributed by atoms with Gasteiger partial charge in [-0.15, -0.1) is 0 Å². The number of nitrogens with zero attached hydrogens (tertiary/aromatic N) is 1. The highest BCUT2D eigenvalue weighted by Crippen LogP contribution is 2.37. The van der Waals surface area contributed by atoms with E-state index in [9.17, 15) is 4.79 Å². The average Bonchev–Trinajstić information content (AvgIpc) is 2.99. The molecule has 2 aliphatic rings. The van der Waals surface area contributed by atoms with E-state index in [1.165, 1.54) is 12.8 Å². The van der Waals surface area contributed by atoms with E-state index in [1.54, 1.807) is 0 Å². The number of hydrogen-bond donors (Lipinski definition) is 3. The summed E-state index contributed by atoms with van der Waals surface area (Å²) < 4.78 is 0. The standard InChI is InChI=1S/C18H28N4O/c23-17(16-13-18(14-22-16)7-11-19-12-8-18)21-10-4-2-6-15-5-1-3-9-20-15/h1,3,5,9,16,19,22H,2,4,6-8,10-14H2,(H,21,23). The summed E-state index contributed by atoms with van der Waals surface area (Å²) in [5.74, 6) is 0.179. The molecule has 1 aromatic heterocycles. The van der Waals surface area contributed by atoms with Gasteiger partial charge in [-0.2, -0.15) is 0 Å². The van der Waals surface area contributed by atoms with Crippen molar-refractivity contribution in [1.82, 2.24) is 20.9 Å². The van der Waals surface area contributed by atoms with Crippen LogP contribution < -0.4 is 16.0 Å². The Morgan fingerprint density at radius 1 is 1.30 bits per heavy atom. The summed E-state index contributed by atoms with van der Waals surface area (Å²) in [5.41, 5.74) is 1.48. The molecule has 0 aliphatic carbocycles. The summed E-state index contributed by atoms with van der Waals surface area (Å²) in [4.78, 5) is 16.6. The van der Waals surface area contributed by atoms with Crippen LogP contribution in [0.2, 0.25) is 0 Å². The summed E-state index contributed by atoms with van der Waals surface area (Å²) in [6.07, 6.45) is 8.25. The molecule has 0 radical (unpaired) electrons. The van der Waals surface area contributed by atoms with Crippen molar-refractivity contribution in [2.75, 3.05) is 26.2 Å². The number of carbonyl (C=O) groups excluding carboxylic acids is 1. The monoisotopic (exact) mass is 316 g/mol. The van der Waals surface area contributed by atoms with E-state index in [4.69, 9.17) is 0 Å². The zero-order valence-electron chi connectivity index (χ0n) is 13.8. The molecule has 126 valence electrons. The molecule has 2 aliphatic heterocycles. The molecule has 1 amide bonds. The molecule has 3 rings (SSSR count). The zero-order chi connectivity index (χ0) is 16.0. The van der Waals surface area contributed by atoms with Crippen LogP contribution in [0.3, 0.4) is 0 Å². The number of piperidine rings is 1. The molecular formula is C18H28N4O. The number of hydrogen-bond acceptors (Lipinski definition) is 4. The lowest BCUT2D eigenvalue weighted by Gasteiger charge is -2.33. The largest absolute Gasteiger partial charge is 0.355 e. The highest BCUT2D eigenvalue weighted by Gasteiger charge is 2.41. The Balaban J connectivity index is 1.32. The van der Waals surface area contributed by atoms with E-state index < -0.39 is 0 Å². The molecule has 0 aromatic carbocycles. The molecule has 5 heteroatoms. The maximum absolute atomic E-state index is 12.3. The van der Waals surface area contributed by atoms with Crippen LogP contribution in [-0.2, 0) is 11.2 Å². The number of aryl methyl sites for hydroxylation is 1. The summed E-state index contributed by atoms with van der Waals surface area (Å²) in [5, 5.41) is 9.94. The van der Waals surface area contributed by atoms with Gasteiger partial charge in [0.25, 0.3) is 0 Å². The van der Waals surface area contributed by atoms with Crippen molar-refractivity contribution in [1.29, 1.82) is 0 Å². The summed E-state index contributed by atoms with van der Waals surface area (Å²) >= 11 is 0. The molecule has 1 aromatic rings. The Bertz CT molecular complexity index is 499. The Morgan fingerprint density at radius 2 is 2.17 bits per heavy atom. The third-order valence-electron chi connectivity index (χ3n) is 5.23. The third kappa shape index (κ3) is 4.52. The molecular weight excluding hydrogens is 288 g/mol. The van der Waals surface area contributed by atoms with Crippen molar-refractivity contribution in [3.63, 3.8) is 0 Å². The van der Waals surface area contributed by atoms with E-state index in [0.29, 0.717) is 5.41 Å². The van der Waals surface area contributed by atoms with E-state index in [2.05, 4.69) is 27.0 Å². The minimum Gasteiger partial charge on any atom is -0.355 e. The first-order valence-corrected chi connectivity index (χ1v) is 8.89. The molecule has 2 saturated heterocycles. The molecule has 0 bridgehead atoms. The second-order valence-electron chi connectivity index (χ2n) is 6.96. The normalized spacial score (nSPS) is 23.0. The van der Waals surface area contributed by atoms with Crippen molar-refractivity contribution < 1.29 is 4.79 Å². The summed E-state index contributed by atoms with van der Waals surface area (Å²) in [7, 11) is 0. The van der Waals surface area contributed by atoms with Crippen LogP contribution in [0.25, 0.3) is 0 Å². The van der Waals surface area contributed by atoms with Crippen molar-refractivity contribution in [2.24, 2.45) is 5.41 Å². The number of unbranched alkanes of at least 4 members (excludes halogenated alkanes) is 1. The van der Waals surface area contributed by atoms with Crippen molar-refractivity contribution in [2.45, 2.75) is 44.6 Å². The first-order valence-electron chi connectivity index (χ1n) is 8.89. The number of nitrogens with one attached hydrogen (secondary N) is 3. The molecule has 1 atom stereocenters. The van der Waals surface area contributed by atoms with Crippen molar-refractivity contribution in [3.05, 3.63) is 30.1 Å². The summed E-state index contributed by atoms with van der Waals surface area (Å²) in [6, 6.07) is 6.02. The first-order chi connectivity index (χ1) is 11.3. The van der Waals surface area contributed by atoms with Gasteiger partial charge in [-0.3, -0.25) is 9.78 Å². The number of rotatable bonds is 6. The van der Waals surface area contributed by atoms with Gasteiger partial charge in [-0.25, -0.2) is 0 Å². The predicted molar refractivity (Wildman–Crippen MR) is 91.1 cm³/mol. The Hall–Kier alpha value is -1.46. The Morgan fingerprint density at radius 3 is 2.96 bits per heavy atom. The van der Waals surface area contributed by atoms with Crippen LogP contribution in [0.5, 0.6) is 0 Å². The van der Waals surface area contributed by atoms with Crippen LogP contribution in [0.1, 0.15) is 37.8 Å². The lowest BCUT2D eigenvalue weighted by Crippen LogP contribution is -2.40. The van der Waals surface area contributed by atoms with Crippen LogP contribution in [0.4, 0.5) is 0 Å². The predicted octanol–water partition coefficient (Wildman–Crippen LogP) is 1.25. The van der Waals surface area contributed by atoms with Gasteiger partial charge in [0.1, 0.15) is 0 Å². The molecule has 3 N–H and O–H groups in total. The van der Waals surface area contributed by atoms with Gasteiger partial charge in [0.15, 0.2) is 0 Å². The fourth-order valence-electron chi connectivity index (χ4n) is 3.75. The first kappa shape index (κ1) is 16.4. The highest BCUT2D eigenvalue weighted by atomic mass is 16.2. The number of pyridine rings is 1. The smallest absolute Gasteiger partial charge is 0.237 e. The average molecular weight is 316 g/mol.